The molecule has 0 unspecified atom stereocenters. The van der Waals surface area contributed by atoms with E-state index in [0.29, 0.717) is 78.8 Å². The summed E-state index contributed by atoms with van der Waals surface area (Å²) >= 11 is 0. The molecule has 23 heavy (non-hydrogen) atoms. The largest absolute Gasteiger partial charge is 0.380 e. The fourth-order valence-corrected chi connectivity index (χ4v) is 1.55. The van der Waals surface area contributed by atoms with Crippen LogP contribution in [-0.4, -0.2) is 71.9 Å². The smallest absolute Gasteiger partial charge is 0.220 e. The van der Waals surface area contributed by atoms with E-state index in [0.717, 1.165) is 6.42 Å². The number of amides is 1. The Balaban J connectivity index is 3.05. The predicted octanol–water partition coefficient (Wildman–Crippen LogP) is -0.0688. The Morgan fingerprint density at radius 3 is 2.17 bits per heavy atom. The molecule has 0 radical (unpaired) electrons. The van der Waals surface area contributed by atoms with Gasteiger partial charge in [0.2, 0.25) is 5.91 Å². The number of hydrogen-bond donors (Lipinski definition) is 2. The van der Waals surface area contributed by atoms with Crippen molar-refractivity contribution in [1.29, 1.82) is 0 Å². The summed E-state index contributed by atoms with van der Waals surface area (Å²) in [5.74, 6) is 2.41. The molecule has 0 bridgehead atoms. The molecular formula is C16H30N2O5. The van der Waals surface area contributed by atoms with Gasteiger partial charge in [-0.15, -0.1) is 6.42 Å². The van der Waals surface area contributed by atoms with Crippen LogP contribution in [-0.2, 0) is 23.7 Å². The van der Waals surface area contributed by atoms with E-state index in [9.17, 15) is 4.79 Å². The molecule has 1 amide bonds. The number of hydrogen-bond acceptors (Lipinski definition) is 6. The third-order valence-corrected chi connectivity index (χ3v) is 2.68. The van der Waals surface area contributed by atoms with Gasteiger partial charge in [-0.2, -0.15) is 0 Å². The molecule has 7 nitrogen and oxygen atoms in total. The maximum absolute atomic E-state index is 11.3. The number of nitrogens with one attached hydrogen (secondary N) is 1. The van der Waals surface area contributed by atoms with Gasteiger partial charge in [0.15, 0.2) is 0 Å². The number of ether oxygens (including phenoxy) is 4. The van der Waals surface area contributed by atoms with Crippen molar-refractivity contribution in [2.75, 3.05) is 65.9 Å². The predicted molar refractivity (Wildman–Crippen MR) is 88.0 cm³/mol. The Morgan fingerprint density at radius 1 is 0.913 bits per heavy atom. The third kappa shape index (κ3) is 18.8. The van der Waals surface area contributed by atoms with E-state index < -0.39 is 0 Å². The molecule has 0 atom stereocenters. The van der Waals surface area contributed by atoms with Crippen LogP contribution < -0.4 is 11.1 Å². The zero-order valence-corrected chi connectivity index (χ0v) is 13.9. The maximum atomic E-state index is 11.3. The molecule has 0 saturated heterocycles. The first-order valence-electron chi connectivity index (χ1n) is 8.02. The monoisotopic (exact) mass is 330 g/mol. The van der Waals surface area contributed by atoms with E-state index in [1.54, 1.807) is 0 Å². The standard InChI is InChI=1S/C16H30N2O5/c1-2-8-20-12-14-23-15-13-22-10-4-9-21-11-7-18-16(19)5-3-6-17/h1H,3-15,17H2,(H,18,19). The molecular weight excluding hydrogens is 300 g/mol. The highest BCUT2D eigenvalue weighted by molar-refractivity contribution is 5.75. The molecule has 0 aliphatic heterocycles. The van der Waals surface area contributed by atoms with Crippen LogP contribution >= 0.6 is 0 Å². The summed E-state index contributed by atoms with van der Waals surface area (Å²) in [5.41, 5.74) is 5.33. The molecule has 0 heterocycles. The van der Waals surface area contributed by atoms with E-state index in [-0.39, 0.29) is 5.91 Å². The van der Waals surface area contributed by atoms with Gasteiger partial charge >= 0.3 is 0 Å². The number of carbonyl (C=O) groups excluding carboxylic acids is 1. The van der Waals surface area contributed by atoms with Crippen LogP contribution in [0.2, 0.25) is 0 Å². The lowest BCUT2D eigenvalue weighted by Gasteiger charge is -2.07. The molecule has 0 saturated carbocycles. The Bertz CT molecular complexity index is 307. The van der Waals surface area contributed by atoms with Gasteiger partial charge in [0.25, 0.3) is 0 Å². The summed E-state index contributed by atoms with van der Waals surface area (Å²) in [6.07, 6.45) is 7.04. The van der Waals surface area contributed by atoms with Crippen molar-refractivity contribution >= 4 is 5.91 Å². The molecule has 0 aromatic carbocycles. The zero-order chi connectivity index (χ0) is 17.0. The van der Waals surface area contributed by atoms with Crippen LogP contribution in [0.4, 0.5) is 0 Å². The first-order valence-corrected chi connectivity index (χ1v) is 8.02. The average Bonchev–Trinajstić information content (AvgIpc) is 2.56. The normalized spacial score (nSPS) is 10.4. The lowest BCUT2D eigenvalue weighted by atomic mass is 10.3. The molecule has 0 aromatic rings. The van der Waals surface area contributed by atoms with Crippen LogP contribution in [0.15, 0.2) is 0 Å². The summed E-state index contributed by atoms with van der Waals surface area (Å²) in [7, 11) is 0. The highest BCUT2D eigenvalue weighted by Gasteiger charge is 1.98. The summed E-state index contributed by atoms with van der Waals surface area (Å²) in [4.78, 5) is 11.3. The van der Waals surface area contributed by atoms with Gasteiger partial charge in [0.1, 0.15) is 6.61 Å². The quantitative estimate of drug-likeness (QED) is 0.287. The van der Waals surface area contributed by atoms with Crippen LogP contribution in [0.5, 0.6) is 0 Å². The van der Waals surface area contributed by atoms with Crippen LogP contribution in [0.1, 0.15) is 19.3 Å². The van der Waals surface area contributed by atoms with Crippen LogP contribution in [0.25, 0.3) is 0 Å². The molecule has 0 spiro atoms. The Labute approximate surface area is 139 Å². The second-order valence-electron chi connectivity index (χ2n) is 4.69. The molecule has 0 fully saturated rings. The summed E-state index contributed by atoms with van der Waals surface area (Å²) in [6, 6.07) is 0. The second-order valence-corrected chi connectivity index (χ2v) is 4.69. The zero-order valence-electron chi connectivity index (χ0n) is 13.9. The molecule has 134 valence electrons. The van der Waals surface area contributed by atoms with E-state index in [4.69, 9.17) is 31.1 Å². The summed E-state index contributed by atoms with van der Waals surface area (Å²) < 4.78 is 21.1. The second kappa shape index (κ2) is 18.9. The van der Waals surface area contributed by atoms with Gasteiger partial charge in [-0.1, -0.05) is 5.92 Å². The van der Waals surface area contributed by atoms with Crippen molar-refractivity contribution in [1.82, 2.24) is 5.32 Å². The van der Waals surface area contributed by atoms with Gasteiger partial charge in [-0.05, 0) is 19.4 Å². The minimum atomic E-state index is 0.0204. The molecule has 0 aromatic heterocycles. The Morgan fingerprint density at radius 2 is 1.52 bits per heavy atom. The third-order valence-electron chi connectivity index (χ3n) is 2.68. The van der Waals surface area contributed by atoms with Crippen molar-refractivity contribution in [3.63, 3.8) is 0 Å². The average molecular weight is 330 g/mol. The summed E-state index contributed by atoms with van der Waals surface area (Å²) in [5, 5.41) is 2.77. The lowest BCUT2D eigenvalue weighted by Crippen LogP contribution is -2.27. The van der Waals surface area contributed by atoms with Gasteiger partial charge in [0.05, 0.1) is 33.0 Å². The fourth-order valence-electron chi connectivity index (χ4n) is 1.55. The SMILES string of the molecule is C#CCOCCOCCOCCCOCCNC(=O)CCCN. The molecule has 3 N–H and O–H groups in total. The van der Waals surface area contributed by atoms with Crippen LogP contribution in [0.3, 0.4) is 0 Å². The molecule has 7 heteroatoms. The maximum Gasteiger partial charge on any atom is 0.220 e. The first-order chi connectivity index (χ1) is 11.3. The van der Waals surface area contributed by atoms with Crippen LogP contribution in [0, 0.1) is 12.3 Å². The van der Waals surface area contributed by atoms with E-state index in [2.05, 4.69) is 11.2 Å². The number of terminal acetylenes is 1. The van der Waals surface area contributed by atoms with Crippen molar-refractivity contribution in [2.45, 2.75) is 19.3 Å². The van der Waals surface area contributed by atoms with E-state index >= 15 is 0 Å². The molecule has 0 aliphatic carbocycles. The topological polar surface area (TPSA) is 92.0 Å². The Hall–Kier alpha value is -1.17. The van der Waals surface area contributed by atoms with Gasteiger partial charge in [-0.3, -0.25) is 4.79 Å². The van der Waals surface area contributed by atoms with Gasteiger partial charge < -0.3 is 30.0 Å². The highest BCUT2D eigenvalue weighted by atomic mass is 16.5. The summed E-state index contributed by atoms with van der Waals surface area (Å²) in [6.45, 7) is 5.23. The number of carbonyl (C=O) groups is 1. The van der Waals surface area contributed by atoms with E-state index in [1.807, 2.05) is 0 Å². The fraction of sp³-hybridized carbons (Fsp3) is 0.812. The van der Waals surface area contributed by atoms with E-state index in [1.165, 1.54) is 0 Å². The first kappa shape index (κ1) is 21.8. The van der Waals surface area contributed by atoms with Gasteiger partial charge in [0, 0.05) is 26.2 Å². The molecule has 0 rings (SSSR count). The van der Waals surface area contributed by atoms with Crippen molar-refractivity contribution < 1.29 is 23.7 Å². The minimum Gasteiger partial charge on any atom is -0.380 e. The Kier molecular flexibility index (Phi) is 17.9. The number of nitrogens with two attached hydrogens (primary N) is 1. The minimum absolute atomic E-state index is 0.0204. The van der Waals surface area contributed by atoms with Crippen molar-refractivity contribution in [3.05, 3.63) is 0 Å². The van der Waals surface area contributed by atoms with Gasteiger partial charge in [-0.25, -0.2) is 0 Å². The highest BCUT2D eigenvalue weighted by Crippen LogP contribution is 1.88. The lowest BCUT2D eigenvalue weighted by molar-refractivity contribution is -0.121. The molecule has 0 aliphatic rings. The van der Waals surface area contributed by atoms with Crippen molar-refractivity contribution in [2.24, 2.45) is 5.73 Å². The number of rotatable bonds is 17. The van der Waals surface area contributed by atoms with Crippen molar-refractivity contribution in [3.8, 4) is 12.3 Å².